The maximum absolute atomic E-state index is 6.12. The fraction of sp³-hybridized carbons (Fsp3) is 0.556. The Kier molecular flexibility index (Phi) is 12.3. The van der Waals surface area contributed by atoms with Gasteiger partial charge in [0.1, 0.15) is 5.69 Å². The van der Waals surface area contributed by atoms with E-state index in [1.54, 1.807) is 0 Å². The van der Waals surface area contributed by atoms with E-state index < -0.39 is 0 Å². The molecule has 2 aromatic rings. The Morgan fingerprint density at radius 3 is 2.41 bits per heavy atom. The van der Waals surface area contributed by atoms with Crippen molar-refractivity contribution in [1.29, 1.82) is 0 Å². The molecule has 0 aliphatic rings. The van der Waals surface area contributed by atoms with Crippen molar-refractivity contribution in [3.8, 4) is 0 Å². The van der Waals surface area contributed by atoms with E-state index in [2.05, 4.69) is 88.1 Å². The standard InChI is InChI=1S/C27H43ClN5P/c1-6-9-23(18-30-20(4)24-26(29)32-27(34)25(28)31-24)33(5)17-8-10-21-13-15-22(16-14-21)12-11-19(3)7-2/h13-16,19,23,30H,4,6-12,17-18,34H2,1-3,5H3,(H2,29,32). The molecule has 2 rings (SSSR count). The lowest BCUT2D eigenvalue weighted by Crippen LogP contribution is -2.40. The Bertz CT molecular complexity index is 903. The van der Waals surface area contributed by atoms with Crippen LogP contribution in [0.1, 0.15) is 69.7 Å². The zero-order chi connectivity index (χ0) is 25.1. The number of nitrogens with one attached hydrogen (secondary N) is 1. The number of aryl methyl sites for hydroxylation is 2. The van der Waals surface area contributed by atoms with Crippen LogP contribution in [0.5, 0.6) is 0 Å². The minimum atomic E-state index is 0.322. The van der Waals surface area contributed by atoms with Crippen molar-refractivity contribution in [3.63, 3.8) is 0 Å². The first-order valence-corrected chi connectivity index (χ1v) is 13.5. The third kappa shape index (κ3) is 9.17. The fourth-order valence-corrected chi connectivity index (χ4v) is 4.34. The lowest BCUT2D eigenvalue weighted by atomic mass is 9.98. The number of nitrogens with two attached hydrogens (primary N) is 1. The Hall–Kier alpha value is -1.68. The van der Waals surface area contributed by atoms with Gasteiger partial charge < -0.3 is 16.0 Å². The topological polar surface area (TPSA) is 67.1 Å². The van der Waals surface area contributed by atoms with Gasteiger partial charge in [0.2, 0.25) is 0 Å². The minimum absolute atomic E-state index is 0.322. The largest absolute Gasteiger partial charge is 0.382 e. The number of nitrogen functional groups attached to an aromatic ring is 1. The first-order chi connectivity index (χ1) is 16.2. The van der Waals surface area contributed by atoms with Crippen molar-refractivity contribution in [3.05, 3.63) is 52.8 Å². The average molecular weight is 504 g/mol. The summed E-state index contributed by atoms with van der Waals surface area (Å²) in [4.78, 5) is 11.0. The van der Waals surface area contributed by atoms with Crippen molar-refractivity contribution in [2.75, 3.05) is 25.9 Å². The van der Waals surface area contributed by atoms with E-state index in [1.807, 2.05) is 0 Å². The molecule has 3 N–H and O–H groups in total. The second-order valence-electron chi connectivity index (χ2n) is 9.39. The van der Waals surface area contributed by atoms with Gasteiger partial charge in [-0.1, -0.05) is 85.3 Å². The van der Waals surface area contributed by atoms with E-state index >= 15 is 0 Å². The third-order valence-corrected chi connectivity index (χ3v) is 7.47. The third-order valence-electron chi connectivity index (χ3n) is 6.61. The quantitative estimate of drug-likeness (QED) is 0.315. The summed E-state index contributed by atoms with van der Waals surface area (Å²) in [6.07, 6.45) is 8.17. The highest BCUT2D eigenvalue weighted by Crippen LogP contribution is 2.18. The molecule has 0 aliphatic heterocycles. The van der Waals surface area contributed by atoms with Crippen LogP contribution in [-0.2, 0) is 12.8 Å². The van der Waals surface area contributed by atoms with Crippen LogP contribution in [0.15, 0.2) is 30.8 Å². The van der Waals surface area contributed by atoms with E-state index in [0.29, 0.717) is 33.8 Å². The van der Waals surface area contributed by atoms with Gasteiger partial charge in [-0.3, -0.25) is 0 Å². The van der Waals surface area contributed by atoms with E-state index in [4.69, 9.17) is 17.3 Å². The number of aromatic nitrogens is 2. The minimum Gasteiger partial charge on any atom is -0.382 e. The van der Waals surface area contributed by atoms with Crippen LogP contribution >= 0.6 is 20.8 Å². The Morgan fingerprint density at radius 2 is 1.79 bits per heavy atom. The van der Waals surface area contributed by atoms with Gasteiger partial charge in [-0.2, -0.15) is 0 Å². The molecule has 188 valence electrons. The Balaban J connectivity index is 1.82. The molecular weight excluding hydrogens is 461 g/mol. The molecule has 34 heavy (non-hydrogen) atoms. The maximum atomic E-state index is 6.12. The molecule has 0 saturated carbocycles. The number of hydrogen-bond acceptors (Lipinski definition) is 5. The summed E-state index contributed by atoms with van der Waals surface area (Å²) in [5.41, 5.74) is 10.6. The van der Waals surface area contributed by atoms with Crippen LogP contribution in [0, 0.1) is 5.92 Å². The molecule has 1 aromatic heterocycles. The first kappa shape index (κ1) is 28.6. The van der Waals surface area contributed by atoms with Crippen molar-refractivity contribution >= 4 is 37.8 Å². The van der Waals surface area contributed by atoms with Crippen molar-refractivity contribution in [1.82, 2.24) is 20.2 Å². The highest BCUT2D eigenvalue weighted by atomic mass is 35.5. The highest BCUT2D eigenvalue weighted by Gasteiger charge is 2.16. The lowest BCUT2D eigenvalue weighted by Gasteiger charge is -2.29. The van der Waals surface area contributed by atoms with Crippen LogP contribution in [-0.4, -0.2) is 41.0 Å². The molecule has 3 unspecified atom stereocenters. The van der Waals surface area contributed by atoms with Crippen LogP contribution in [0.4, 0.5) is 5.82 Å². The fourth-order valence-electron chi connectivity index (χ4n) is 4.00. The number of rotatable bonds is 15. The van der Waals surface area contributed by atoms with Gasteiger partial charge in [0.15, 0.2) is 11.0 Å². The van der Waals surface area contributed by atoms with Gasteiger partial charge in [-0.05, 0) is 62.7 Å². The summed E-state index contributed by atoms with van der Waals surface area (Å²) >= 11 is 6.12. The SMILES string of the molecule is C=C(NCC(CCC)N(C)CCCc1ccc(CCC(C)CC)cc1)c1nc(Cl)c(P)nc1N. The zero-order valence-corrected chi connectivity index (χ0v) is 23.3. The van der Waals surface area contributed by atoms with Crippen molar-refractivity contribution < 1.29 is 0 Å². The first-order valence-electron chi connectivity index (χ1n) is 12.5. The average Bonchev–Trinajstić information content (AvgIpc) is 2.82. The Labute approximate surface area is 214 Å². The van der Waals surface area contributed by atoms with Gasteiger partial charge >= 0.3 is 0 Å². The molecule has 5 nitrogen and oxygen atoms in total. The molecule has 0 fully saturated rings. The van der Waals surface area contributed by atoms with E-state index in [0.717, 1.165) is 44.7 Å². The highest BCUT2D eigenvalue weighted by molar-refractivity contribution is 7.27. The van der Waals surface area contributed by atoms with Gasteiger partial charge in [-0.15, -0.1) is 0 Å². The predicted octanol–water partition coefficient (Wildman–Crippen LogP) is 5.48. The molecule has 0 saturated heterocycles. The number of benzene rings is 1. The molecule has 0 aliphatic carbocycles. The maximum Gasteiger partial charge on any atom is 0.155 e. The van der Waals surface area contributed by atoms with E-state index in [-0.39, 0.29) is 0 Å². The number of likely N-dealkylation sites (N-methyl/N-ethyl adjacent to an activating group) is 1. The summed E-state index contributed by atoms with van der Waals surface area (Å²) < 4.78 is 0. The number of hydrogen-bond donors (Lipinski definition) is 2. The summed E-state index contributed by atoms with van der Waals surface area (Å²) in [5.74, 6) is 1.13. The van der Waals surface area contributed by atoms with Crippen LogP contribution in [0.25, 0.3) is 5.70 Å². The second kappa shape index (κ2) is 14.7. The molecule has 0 spiro atoms. The molecule has 0 amide bonds. The molecule has 0 radical (unpaired) electrons. The van der Waals surface area contributed by atoms with Crippen molar-refractivity contribution in [2.45, 2.75) is 71.8 Å². The van der Waals surface area contributed by atoms with Gasteiger partial charge in [0, 0.05) is 12.6 Å². The van der Waals surface area contributed by atoms with Crippen LogP contribution in [0.2, 0.25) is 5.15 Å². The smallest absolute Gasteiger partial charge is 0.155 e. The van der Waals surface area contributed by atoms with Crippen LogP contribution < -0.4 is 16.5 Å². The lowest BCUT2D eigenvalue weighted by molar-refractivity contribution is 0.226. The van der Waals surface area contributed by atoms with Gasteiger partial charge in [0.05, 0.1) is 11.1 Å². The number of anilines is 1. The Morgan fingerprint density at radius 1 is 1.15 bits per heavy atom. The molecule has 0 bridgehead atoms. The summed E-state index contributed by atoms with van der Waals surface area (Å²) in [6.45, 7) is 12.8. The van der Waals surface area contributed by atoms with Crippen molar-refractivity contribution in [2.24, 2.45) is 5.92 Å². The van der Waals surface area contributed by atoms with E-state index in [9.17, 15) is 0 Å². The number of nitrogens with zero attached hydrogens (tertiary/aromatic N) is 3. The predicted molar refractivity (Wildman–Crippen MR) is 152 cm³/mol. The van der Waals surface area contributed by atoms with Gasteiger partial charge in [-0.25, -0.2) is 9.97 Å². The summed E-state index contributed by atoms with van der Waals surface area (Å²) in [5, 5.41) is 3.73. The normalized spacial score (nSPS) is 13.1. The molecule has 1 aromatic carbocycles. The molecule has 7 heteroatoms. The zero-order valence-electron chi connectivity index (χ0n) is 21.4. The molecular formula is C27H43ClN5P. The number of halogens is 1. The summed E-state index contributed by atoms with van der Waals surface area (Å²) in [6, 6.07) is 9.62. The molecule has 3 atom stereocenters. The summed E-state index contributed by atoms with van der Waals surface area (Å²) in [7, 11) is 4.64. The van der Waals surface area contributed by atoms with E-state index in [1.165, 1.54) is 30.4 Å². The monoisotopic (exact) mass is 503 g/mol. The molecule has 1 heterocycles. The van der Waals surface area contributed by atoms with Crippen LogP contribution in [0.3, 0.4) is 0 Å². The van der Waals surface area contributed by atoms with Gasteiger partial charge in [0.25, 0.3) is 0 Å². The second-order valence-corrected chi connectivity index (χ2v) is 10.3.